The zero-order valence-electron chi connectivity index (χ0n) is 14.9. The van der Waals surface area contributed by atoms with E-state index in [1.54, 1.807) is 31.4 Å². The molecule has 0 aliphatic heterocycles. The molecule has 0 unspecified atom stereocenters. The fourth-order valence-corrected chi connectivity index (χ4v) is 2.53. The van der Waals surface area contributed by atoms with E-state index in [4.69, 9.17) is 10.00 Å². The molecule has 26 heavy (non-hydrogen) atoms. The average molecular weight is 351 g/mol. The van der Waals surface area contributed by atoms with Crippen molar-refractivity contribution in [2.24, 2.45) is 0 Å². The molecule has 0 aromatic heterocycles. The first-order chi connectivity index (χ1) is 12.5. The van der Waals surface area contributed by atoms with Crippen molar-refractivity contribution in [2.45, 2.75) is 19.9 Å². The van der Waals surface area contributed by atoms with Crippen molar-refractivity contribution in [1.29, 1.82) is 5.26 Å². The molecule has 0 bridgehead atoms. The van der Waals surface area contributed by atoms with Gasteiger partial charge in [-0.05, 0) is 30.3 Å². The van der Waals surface area contributed by atoms with Crippen molar-refractivity contribution >= 4 is 17.5 Å². The van der Waals surface area contributed by atoms with Gasteiger partial charge in [0.25, 0.3) is 0 Å². The number of amides is 2. The van der Waals surface area contributed by atoms with E-state index >= 15 is 0 Å². The SMILES string of the molecule is COc1ccccc1CNC(=O)CCN(C(C)=O)c1ccc(C#N)cc1. The quantitative estimate of drug-likeness (QED) is 0.831. The average Bonchev–Trinajstić information content (AvgIpc) is 2.67. The maximum atomic E-state index is 12.1. The number of carbonyl (C=O) groups excluding carboxylic acids is 2. The topological polar surface area (TPSA) is 82.4 Å². The maximum absolute atomic E-state index is 12.1. The number of rotatable bonds is 7. The lowest BCUT2D eigenvalue weighted by Gasteiger charge is -2.21. The van der Waals surface area contributed by atoms with E-state index < -0.39 is 0 Å². The number of methoxy groups -OCH3 is 1. The minimum atomic E-state index is -0.160. The Hall–Kier alpha value is -3.33. The summed E-state index contributed by atoms with van der Waals surface area (Å²) in [7, 11) is 1.59. The van der Waals surface area contributed by atoms with Crippen LogP contribution in [0.2, 0.25) is 0 Å². The van der Waals surface area contributed by atoms with E-state index in [1.165, 1.54) is 11.8 Å². The minimum Gasteiger partial charge on any atom is -0.496 e. The molecule has 0 atom stereocenters. The van der Waals surface area contributed by atoms with Gasteiger partial charge in [-0.15, -0.1) is 0 Å². The molecule has 0 saturated carbocycles. The number of para-hydroxylation sites is 1. The zero-order chi connectivity index (χ0) is 18.9. The van der Waals surface area contributed by atoms with E-state index in [2.05, 4.69) is 5.32 Å². The number of ether oxygens (including phenoxy) is 1. The van der Waals surface area contributed by atoms with Crippen molar-refractivity contribution in [3.63, 3.8) is 0 Å². The Kier molecular flexibility index (Phi) is 6.75. The summed E-state index contributed by atoms with van der Waals surface area (Å²) in [6.45, 7) is 2.07. The molecule has 2 aromatic carbocycles. The highest BCUT2D eigenvalue weighted by Gasteiger charge is 2.14. The summed E-state index contributed by atoms with van der Waals surface area (Å²) >= 11 is 0. The number of anilines is 1. The van der Waals surface area contributed by atoms with Crippen LogP contribution in [0, 0.1) is 11.3 Å². The van der Waals surface area contributed by atoms with Crippen LogP contribution in [0.5, 0.6) is 5.75 Å². The van der Waals surface area contributed by atoms with Crippen LogP contribution < -0.4 is 15.0 Å². The van der Waals surface area contributed by atoms with Crippen LogP contribution in [0.1, 0.15) is 24.5 Å². The predicted octanol–water partition coefficient (Wildman–Crippen LogP) is 2.63. The van der Waals surface area contributed by atoms with E-state index in [1.807, 2.05) is 30.3 Å². The summed E-state index contributed by atoms with van der Waals surface area (Å²) in [6, 6.07) is 16.2. The number of nitrogens with one attached hydrogen (secondary N) is 1. The highest BCUT2D eigenvalue weighted by Crippen LogP contribution is 2.17. The molecule has 2 aromatic rings. The Morgan fingerprint density at radius 2 is 1.85 bits per heavy atom. The van der Waals surface area contributed by atoms with Crippen molar-refractivity contribution < 1.29 is 14.3 Å². The Bertz CT molecular complexity index is 810. The van der Waals surface area contributed by atoms with Gasteiger partial charge in [0, 0.05) is 37.7 Å². The van der Waals surface area contributed by atoms with Crippen LogP contribution in [-0.2, 0) is 16.1 Å². The van der Waals surface area contributed by atoms with Crippen molar-refractivity contribution in [3.8, 4) is 11.8 Å². The van der Waals surface area contributed by atoms with Gasteiger partial charge < -0.3 is 15.0 Å². The summed E-state index contributed by atoms with van der Waals surface area (Å²) in [5.74, 6) is 0.402. The third-order valence-electron chi connectivity index (χ3n) is 3.92. The Morgan fingerprint density at radius 3 is 2.46 bits per heavy atom. The molecular formula is C20H21N3O3. The van der Waals surface area contributed by atoms with Crippen molar-refractivity contribution in [3.05, 3.63) is 59.7 Å². The zero-order valence-corrected chi connectivity index (χ0v) is 14.9. The molecule has 2 rings (SSSR count). The third kappa shape index (κ3) is 5.08. The number of hydrogen-bond acceptors (Lipinski definition) is 4. The second-order valence-electron chi connectivity index (χ2n) is 5.67. The van der Waals surface area contributed by atoms with Crippen LogP contribution in [0.4, 0.5) is 5.69 Å². The van der Waals surface area contributed by atoms with Crippen LogP contribution >= 0.6 is 0 Å². The van der Waals surface area contributed by atoms with Crippen LogP contribution in [-0.4, -0.2) is 25.5 Å². The molecular weight excluding hydrogens is 330 g/mol. The molecule has 6 heteroatoms. The number of carbonyl (C=O) groups is 2. The highest BCUT2D eigenvalue weighted by molar-refractivity contribution is 5.92. The fraction of sp³-hybridized carbons (Fsp3) is 0.250. The first kappa shape index (κ1) is 19.0. The van der Waals surface area contributed by atoms with Gasteiger partial charge in [0.1, 0.15) is 5.75 Å². The Labute approximate surface area is 153 Å². The normalized spacial score (nSPS) is 9.88. The van der Waals surface area contributed by atoms with Crippen molar-refractivity contribution in [2.75, 3.05) is 18.6 Å². The van der Waals surface area contributed by atoms with Crippen molar-refractivity contribution in [1.82, 2.24) is 5.32 Å². The summed E-state index contributed by atoms with van der Waals surface area (Å²) in [5, 5.41) is 11.7. The van der Waals surface area contributed by atoms with E-state index in [9.17, 15) is 9.59 Å². The van der Waals surface area contributed by atoms with Gasteiger partial charge in [-0.3, -0.25) is 9.59 Å². The smallest absolute Gasteiger partial charge is 0.223 e. The Morgan fingerprint density at radius 1 is 1.15 bits per heavy atom. The second kappa shape index (κ2) is 9.23. The minimum absolute atomic E-state index is 0.157. The molecule has 2 amide bonds. The summed E-state index contributed by atoms with van der Waals surface area (Å²) in [4.78, 5) is 25.5. The lowest BCUT2D eigenvalue weighted by atomic mass is 10.2. The van der Waals surface area contributed by atoms with E-state index in [0.717, 1.165) is 11.3 Å². The predicted molar refractivity (Wildman–Crippen MR) is 98.6 cm³/mol. The van der Waals surface area contributed by atoms with Gasteiger partial charge in [0.2, 0.25) is 11.8 Å². The summed E-state index contributed by atoms with van der Waals surface area (Å²) in [5.41, 5.74) is 2.07. The van der Waals surface area contributed by atoms with Gasteiger partial charge in [0.05, 0.1) is 18.7 Å². The molecule has 0 fully saturated rings. The number of hydrogen-bond donors (Lipinski definition) is 1. The van der Waals surface area contributed by atoms with Gasteiger partial charge >= 0.3 is 0 Å². The lowest BCUT2D eigenvalue weighted by molar-refractivity contribution is -0.121. The fourth-order valence-electron chi connectivity index (χ4n) is 2.53. The molecule has 0 aliphatic rings. The molecule has 0 saturated heterocycles. The molecule has 1 N–H and O–H groups in total. The summed E-state index contributed by atoms with van der Waals surface area (Å²) in [6.07, 6.45) is 0.175. The first-order valence-corrected chi connectivity index (χ1v) is 8.22. The monoisotopic (exact) mass is 351 g/mol. The first-order valence-electron chi connectivity index (χ1n) is 8.22. The van der Waals surface area contributed by atoms with Gasteiger partial charge in [0.15, 0.2) is 0 Å². The van der Waals surface area contributed by atoms with Crippen LogP contribution in [0.15, 0.2) is 48.5 Å². The second-order valence-corrected chi connectivity index (χ2v) is 5.67. The van der Waals surface area contributed by atoms with Crippen LogP contribution in [0.3, 0.4) is 0 Å². The van der Waals surface area contributed by atoms with Gasteiger partial charge in [-0.25, -0.2) is 0 Å². The Balaban J connectivity index is 1.93. The summed E-state index contributed by atoms with van der Waals surface area (Å²) < 4.78 is 5.26. The molecule has 134 valence electrons. The maximum Gasteiger partial charge on any atom is 0.223 e. The molecule has 0 aliphatic carbocycles. The van der Waals surface area contributed by atoms with Gasteiger partial charge in [-0.2, -0.15) is 5.26 Å². The molecule has 0 spiro atoms. The van der Waals surface area contributed by atoms with E-state index in [0.29, 0.717) is 17.8 Å². The van der Waals surface area contributed by atoms with Gasteiger partial charge in [-0.1, -0.05) is 18.2 Å². The molecule has 0 heterocycles. The molecule has 0 radical (unpaired) electrons. The van der Waals surface area contributed by atoms with E-state index in [-0.39, 0.29) is 24.8 Å². The number of benzene rings is 2. The third-order valence-corrected chi connectivity index (χ3v) is 3.92. The number of nitriles is 1. The largest absolute Gasteiger partial charge is 0.496 e. The highest BCUT2D eigenvalue weighted by atomic mass is 16.5. The van der Waals surface area contributed by atoms with Crippen LogP contribution in [0.25, 0.3) is 0 Å². The standard InChI is InChI=1S/C20H21N3O3/c1-15(24)23(18-9-7-16(13-21)8-10-18)12-11-20(25)22-14-17-5-3-4-6-19(17)26-2/h3-10H,11-12,14H2,1-2H3,(H,22,25). The lowest BCUT2D eigenvalue weighted by Crippen LogP contribution is -2.33. The molecule has 6 nitrogen and oxygen atoms in total. The number of nitrogens with zero attached hydrogens (tertiary/aromatic N) is 2.